The molecule has 0 bridgehead atoms. The van der Waals surface area contributed by atoms with Crippen molar-refractivity contribution in [2.24, 2.45) is 5.92 Å². The second-order valence-corrected chi connectivity index (χ2v) is 2.94. The van der Waals surface area contributed by atoms with Gasteiger partial charge in [-0.15, -0.1) is 0 Å². The van der Waals surface area contributed by atoms with Gasteiger partial charge in [-0.05, 0) is 0 Å². The molecule has 1 aliphatic rings. The minimum Gasteiger partial charge on any atom is -0.450 e. The molecule has 1 rings (SSSR count). The molecule has 1 heterocycles. The molecule has 0 saturated carbocycles. The first-order chi connectivity index (χ1) is 6.15. The highest BCUT2D eigenvalue weighted by atomic mass is 16.5. The third-order valence-corrected chi connectivity index (χ3v) is 1.95. The average molecular weight is 182 g/mol. The van der Waals surface area contributed by atoms with Crippen LogP contribution >= 0.6 is 0 Å². The van der Waals surface area contributed by atoms with Crippen molar-refractivity contribution in [2.45, 2.75) is 6.42 Å². The number of rotatable bonds is 2. The summed E-state index contributed by atoms with van der Waals surface area (Å²) in [6.45, 7) is 0.149. The number of carbonyl (C=O) groups is 2. The molecular weight excluding hydrogens is 172 g/mol. The second-order valence-electron chi connectivity index (χ2n) is 2.94. The van der Waals surface area contributed by atoms with Crippen molar-refractivity contribution in [3.63, 3.8) is 0 Å². The molecule has 1 unspecified atom stereocenters. The van der Waals surface area contributed by atoms with Gasteiger partial charge in [0.1, 0.15) is 6.07 Å². The molecule has 0 aromatic rings. The zero-order valence-corrected chi connectivity index (χ0v) is 7.32. The van der Waals surface area contributed by atoms with Gasteiger partial charge in [-0.3, -0.25) is 9.59 Å². The van der Waals surface area contributed by atoms with E-state index in [1.54, 1.807) is 13.1 Å². The van der Waals surface area contributed by atoms with Crippen LogP contribution in [0.2, 0.25) is 0 Å². The Morgan fingerprint density at radius 3 is 3.00 bits per heavy atom. The number of amides is 1. The number of likely N-dealkylation sites (tertiary alicyclic amines) is 1. The summed E-state index contributed by atoms with van der Waals surface area (Å²) in [6, 6.07) is 1.70. The summed E-state index contributed by atoms with van der Waals surface area (Å²) >= 11 is 0. The van der Waals surface area contributed by atoms with Crippen LogP contribution in [0.1, 0.15) is 6.42 Å². The van der Waals surface area contributed by atoms with Gasteiger partial charge in [0, 0.05) is 20.0 Å². The average Bonchev–Trinajstić information content (AvgIpc) is 2.43. The van der Waals surface area contributed by atoms with Crippen molar-refractivity contribution in [3.8, 4) is 6.07 Å². The fraction of sp³-hybridized carbons (Fsp3) is 0.625. The molecule has 0 aromatic heterocycles. The van der Waals surface area contributed by atoms with Gasteiger partial charge in [-0.2, -0.15) is 5.26 Å². The van der Waals surface area contributed by atoms with E-state index in [0.29, 0.717) is 6.54 Å². The summed E-state index contributed by atoms with van der Waals surface area (Å²) < 4.78 is 4.59. The highest BCUT2D eigenvalue weighted by Gasteiger charge is 2.33. The van der Waals surface area contributed by atoms with Gasteiger partial charge >= 0.3 is 5.97 Å². The number of esters is 1. The molecule has 1 saturated heterocycles. The molecule has 1 fully saturated rings. The molecule has 1 amide bonds. The third-order valence-electron chi connectivity index (χ3n) is 1.95. The Labute approximate surface area is 75.9 Å². The normalized spacial score (nSPS) is 21.4. The zero-order valence-electron chi connectivity index (χ0n) is 7.32. The number of nitriles is 1. The van der Waals surface area contributed by atoms with E-state index in [1.165, 1.54) is 4.90 Å². The Balaban J connectivity index is 2.42. The van der Waals surface area contributed by atoms with E-state index < -0.39 is 11.9 Å². The van der Waals surface area contributed by atoms with Crippen LogP contribution in [-0.4, -0.2) is 37.0 Å². The summed E-state index contributed by atoms with van der Waals surface area (Å²) in [6.07, 6.45) is 0.195. The van der Waals surface area contributed by atoms with E-state index in [9.17, 15) is 9.59 Å². The SMILES string of the molecule is CN1CC(C(=O)OCC#N)CC1=O. The number of nitrogens with zero attached hydrogens (tertiary/aromatic N) is 2. The lowest BCUT2D eigenvalue weighted by Crippen LogP contribution is -2.22. The Kier molecular flexibility index (Phi) is 2.85. The van der Waals surface area contributed by atoms with Gasteiger partial charge < -0.3 is 9.64 Å². The molecule has 0 aromatic carbocycles. The van der Waals surface area contributed by atoms with Crippen molar-refractivity contribution in [1.82, 2.24) is 4.90 Å². The lowest BCUT2D eigenvalue weighted by Gasteiger charge is -2.08. The predicted molar refractivity (Wildman–Crippen MR) is 42.3 cm³/mol. The predicted octanol–water partition coefficient (Wildman–Crippen LogP) is -0.469. The largest absolute Gasteiger partial charge is 0.450 e. The van der Waals surface area contributed by atoms with Gasteiger partial charge in [0.25, 0.3) is 0 Å². The molecule has 0 N–H and O–H groups in total. The highest BCUT2D eigenvalue weighted by Crippen LogP contribution is 2.16. The van der Waals surface area contributed by atoms with Crippen molar-refractivity contribution in [2.75, 3.05) is 20.2 Å². The summed E-state index contributed by atoms with van der Waals surface area (Å²) in [7, 11) is 1.64. The maximum absolute atomic E-state index is 11.1. The van der Waals surface area contributed by atoms with E-state index in [2.05, 4.69) is 4.74 Å². The molecule has 70 valence electrons. The van der Waals surface area contributed by atoms with Gasteiger partial charge in [-0.1, -0.05) is 0 Å². The second kappa shape index (κ2) is 3.90. The third kappa shape index (κ3) is 2.18. The maximum Gasteiger partial charge on any atom is 0.312 e. The molecule has 13 heavy (non-hydrogen) atoms. The van der Waals surface area contributed by atoms with E-state index in [0.717, 1.165) is 0 Å². The van der Waals surface area contributed by atoms with Crippen LogP contribution in [0.3, 0.4) is 0 Å². The minimum absolute atomic E-state index is 0.0566. The van der Waals surface area contributed by atoms with Crippen LogP contribution in [0.15, 0.2) is 0 Å². The van der Waals surface area contributed by atoms with Gasteiger partial charge in [-0.25, -0.2) is 0 Å². The fourth-order valence-electron chi connectivity index (χ4n) is 1.24. The Morgan fingerprint density at radius 2 is 2.54 bits per heavy atom. The van der Waals surface area contributed by atoms with Crippen LogP contribution in [0, 0.1) is 17.2 Å². The van der Waals surface area contributed by atoms with Crippen LogP contribution < -0.4 is 0 Å². The first-order valence-corrected chi connectivity index (χ1v) is 3.92. The molecule has 1 aliphatic heterocycles. The van der Waals surface area contributed by atoms with Gasteiger partial charge in [0.05, 0.1) is 5.92 Å². The Hall–Kier alpha value is -1.57. The van der Waals surface area contributed by atoms with Gasteiger partial charge in [0.2, 0.25) is 5.91 Å². The minimum atomic E-state index is -0.459. The zero-order chi connectivity index (χ0) is 9.84. The van der Waals surface area contributed by atoms with E-state index in [1.807, 2.05) is 0 Å². The molecule has 5 heteroatoms. The van der Waals surface area contributed by atoms with Crippen LogP contribution in [0.4, 0.5) is 0 Å². The standard InChI is InChI=1S/C8H10N2O3/c1-10-5-6(4-7(10)11)8(12)13-3-2-9/h6H,3-5H2,1H3. The first-order valence-electron chi connectivity index (χ1n) is 3.92. The van der Waals surface area contributed by atoms with Crippen LogP contribution in [0.25, 0.3) is 0 Å². The Bertz CT molecular complexity index is 269. The quantitative estimate of drug-likeness (QED) is 0.541. The highest BCUT2D eigenvalue weighted by molar-refractivity contribution is 5.86. The number of carbonyl (C=O) groups excluding carboxylic acids is 2. The van der Waals surface area contributed by atoms with Crippen molar-refractivity contribution in [1.29, 1.82) is 5.26 Å². The number of hydrogen-bond acceptors (Lipinski definition) is 4. The van der Waals surface area contributed by atoms with E-state index in [4.69, 9.17) is 5.26 Å². The molecular formula is C8H10N2O3. The summed E-state index contributed by atoms with van der Waals surface area (Å²) in [5.41, 5.74) is 0. The van der Waals surface area contributed by atoms with Crippen molar-refractivity contribution in [3.05, 3.63) is 0 Å². The van der Waals surface area contributed by atoms with Crippen LogP contribution in [-0.2, 0) is 14.3 Å². The topological polar surface area (TPSA) is 70.4 Å². The van der Waals surface area contributed by atoms with Crippen molar-refractivity contribution >= 4 is 11.9 Å². The molecule has 1 atom stereocenters. The van der Waals surface area contributed by atoms with Crippen LogP contribution in [0.5, 0.6) is 0 Å². The van der Waals surface area contributed by atoms with Gasteiger partial charge in [0.15, 0.2) is 6.61 Å². The molecule has 0 spiro atoms. The van der Waals surface area contributed by atoms with E-state index >= 15 is 0 Å². The molecule has 5 nitrogen and oxygen atoms in total. The maximum atomic E-state index is 11.1. The smallest absolute Gasteiger partial charge is 0.312 e. The number of hydrogen-bond donors (Lipinski definition) is 0. The molecule has 0 aliphatic carbocycles. The summed E-state index contributed by atoms with van der Waals surface area (Å²) in [5, 5.41) is 8.16. The lowest BCUT2D eigenvalue weighted by molar-refractivity contribution is -0.146. The fourth-order valence-corrected chi connectivity index (χ4v) is 1.24. The van der Waals surface area contributed by atoms with E-state index in [-0.39, 0.29) is 18.9 Å². The first kappa shape index (κ1) is 9.52. The molecule has 0 radical (unpaired) electrons. The number of ether oxygens (including phenoxy) is 1. The summed E-state index contributed by atoms with van der Waals surface area (Å²) in [5.74, 6) is -0.913. The Morgan fingerprint density at radius 1 is 1.85 bits per heavy atom. The van der Waals surface area contributed by atoms with Crippen molar-refractivity contribution < 1.29 is 14.3 Å². The summed E-state index contributed by atoms with van der Waals surface area (Å²) in [4.78, 5) is 23.6. The lowest BCUT2D eigenvalue weighted by atomic mass is 10.1. The monoisotopic (exact) mass is 182 g/mol.